The molecule has 2 unspecified atom stereocenters. The molecule has 1 aromatic carbocycles. The number of halogens is 1. The molecule has 102 valence electrons. The molecular formula is C14H16BrNO3. The molecular weight excluding hydrogens is 310 g/mol. The summed E-state index contributed by atoms with van der Waals surface area (Å²) in [4.78, 5) is 13.7. The van der Waals surface area contributed by atoms with E-state index in [9.17, 15) is 9.90 Å². The van der Waals surface area contributed by atoms with Gasteiger partial charge in [0.05, 0.1) is 30.0 Å². The molecule has 19 heavy (non-hydrogen) atoms. The van der Waals surface area contributed by atoms with E-state index < -0.39 is 5.97 Å². The average Bonchev–Trinajstić information content (AvgIpc) is 2.85. The number of nitrogens with zero attached hydrogens (tertiary/aromatic N) is 1. The van der Waals surface area contributed by atoms with Crippen LogP contribution in [0.3, 0.4) is 0 Å². The fourth-order valence-electron chi connectivity index (χ4n) is 3.19. The van der Waals surface area contributed by atoms with Crippen molar-refractivity contribution in [3.63, 3.8) is 0 Å². The molecule has 0 spiro atoms. The second-order valence-electron chi connectivity index (χ2n) is 5.04. The monoisotopic (exact) mass is 325 g/mol. The standard InChI is InChI=1S/C14H16BrNO3/c15-9-3-1-5-11(13(9)14(17)18)16-7-8-19-12-6-2-4-10(12)16/h1,3,5,10,12H,2,4,6-8H2,(H,17,18). The topological polar surface area (TPSA) is 49.8 Å². The molecule has 0 amide bonds. The van der Waals surface area contributed by atoms with Gasteiger partial charge in [-0.05, 0) is 47.3 Å². The summed E-state index contributed by atoms with van der Waals surface area (Å²) in [5.41, 5.74) is 1.16. The molecule has 1 aliphatic carbocycles. The first-order valence-corrected chi connectivity index (χ1v) is 7.38. The maximum atomic E-state index is 11.5. The number of carbonyl (C=O) groups is 1. The molecule has 5 heteroatoms. The Morgan fingerprint density at radius 2 is 2.26 bits per heavy atom. The maximum absolute atomic E-state index is 11.5. The number of fused-ring (bicyclic) bond motifs is 1. The van der Waals surface area contributed by atoms with Crippen LogP contribution in [0, 0.1) is 0 Å². The lowest BCUT2D eigenvalue weighted by Gasteiger charge is -2.40. The van der Waals surface area contributed by atoms with E-state index in [0.29, 0.717) is 22.7 Å². The third-order valence-corrected chi connectivity index (χ3v) is 4.66. The van der Waals surface area contributed by atoms with Gasteiger partial charge in [0, 0.05) is 11.0 Å². The van der Waals surface area contributed by atoms with Crippen LogP contribution in [0.5, 0.6) is 0 Å². The lowest BCUT2D eigenvalue weighted by atomic mass is 10.1. The number of carboxylic acids is 1. The lowest BCUT2D eigenvalue weighted by molar-refractivity contribution is 0.0254. The summed E-state index contributed by atoms with van der Waals surface area (Å²) in [5.74, 6) is -0.886. The molecule has 0 bridgehead atoms. The third kappa shape index (κ3) is 2.25. The Labute approximate surface area is 120 Å². The highest BCUT2D eigenvalue weighted by Crippen LogP contribution is 2.36. The van der Waals surface area contributed by atoms with Gasteiger partial charge < -0.3 is 14.7 Å². The summed E-state index contributed by atoms with van der Waals surface area (Å²) in [6, 6.07) is 5.89. The highest BCUT2D eigenvalue weighted by Gasteiger charge is 2.37. The third-order valence-electron chi connectivity index (χ3n) is 4.00. The van der Waals surface area contributed by atoms with Crippen LogP contribution < -0.4 is 4.90 Å². The maximum Gasteiger partial charge on any atom is 0.338 e. The smallest absolute Gasteiger partial charge is 0.338 e. The van der Waals surface area contributed by atoms with Gasteiger partial charge in [-0.15, -0.1) is 0 Å². The minimum atomic E-state index is -0.886. The van der Waals surface area contributed by atoms with Crippen molar-refractivity contribution in [1.29, 1.82) is 0 Å². The van der Waals surface area contributed by atoms with Crippen molar-refractivity contribution in [2.24, 2.45) is 0 Å². The molecule has 1 saturated carbocycles. The SMILES string of the molecule is O=C(O)c1c(Br)cccc1N1CCOC2CCCC21. The van der Waals surface area contributed by atoms with Gasteiger partial charge in [0.1, 0.15) is 0 Å². The van der Waals surface area contributed by atoms with Crippen molar-refractivity contribution in [3.05, 3.63) is 28.2 Å². The van der Waals surface area contributed by atoms with Crippen molar-refractivity contribution in [3.8, 4) is 0 Å². The number of carboxylic acid groups (broad SMARTS) is 1. The average molecular weight is 326 g/mol. The summed E-state index contributed by atoms with van der Waals surface area (Å²) >= 11 is 3.35. The van der Waals surface area contributed by atoms with E-state index in [1.807, 2.05) is 12.1 Å². The molecule has 0 aromatic heterocycles. The molecule has 1 heterocycles. The number of hydrogen-bond acceptors (Lipinski definition) is 3. The zero-order valence-corrected chi connectivity index (χ0v) is 12.1. The van der Waals surface area contributed by atoms with Gasteiger partial charge in [0.2, 0.25) is 0 Å². The van der Waals surface area contributed by atoms with Crippen LogP contribution in [0.25, 0.3) is 0 Å². The normalized spacial score (nSPS) is 26.3. The first-order chi connectivity index (χ1) is 9.18. The van der Waals surface area contributed by atoms with Crippen molar-refractivity contribution >= 4 is 27.6 Å². The molecule has 1 N–H and O–H groups in total. The number of benzene rings is 1. The first kappa shape index (κ1) is 12.9. The second-order valence-corrected chi connectivity index (χ2v) is 5.89. The van der Waals surface area contributed by atoms with Gasteiger partial charge >= 0.3 is 5.97 Å². The summed E-state index contributed by atoms with van der Waals surface area (Å²) in [6.45, 7) is 1.44. The number of anilines is 1. The lowest BCUT2D eigenvalue weighted by Crippen LogP contribution is -2.49. The predicted molar refractivity (Wildman–Crippen MR) is 75.8 cm³/mol. The summed E-state index contributed by atoms with van der Waals surface area (Å²) in [5, 5.41) is 9.43. The fraction of sp³-hybridized carbons (Fsp3) is 0.500. The van der Waals surface area contributed by atoms with Crippen molar-refractivity contribution in [1.82, 2.24) is 0 Å². The Morgan fingerprint density at radius 3 is 3.05 bits per heavy atom. The highest BCUT2D eigenvalue weighted by molar-refractivity contribution is 9.10. The Bertz CT molecular complexity index is 505. The first-order valence-electron chi connectivity index (χ1n) is 6.58. The van der Waals surface area contributed by atoms with Gasteiger partial charge in [-0.3, -0.25) is 0 Å². The number of rotatable bonds is 2. The van der Waals surface area contributed by atoms with Gasteiger partial charge in [-0.2, -0.15) is 0 Å². The highest BCUT2D eigenvalue weighted by atomic mass is 79.9. The van der Waals surface area contributed by atoms with Crippen LogP contribution in [0.4, 0.5) is 5.69 Å². The Balaban J connectivity index is 2.01. The van der Waals surface area contributed by atoms with E-state index in [-0.39, 0.29) is 6.10 Å². The Morgan fingerprint density at radius 1 is 1.42 bits per heavy atom. The molecule has 0 radical (unpaired) electrons. The van der Waals surface area contributed by atoms with Crippen LogP contribution in [0.2, 0.25) is 0 Å². The molecule has 2 atom stereocenters. The minimum absolute atomic E-state index is 0.259. The molecule has 4 nitrogen and oxygen atoms in total. The molecule has 2 fully saturated rings. The van der Waals surface area contributed by atoms with Crippen LogP contribution in [0.1, 0.15) is 29.6 Å². The van der Waals surface area contributed by atoms with Crippen molar-refractivity contribution < 1.29 is 14.6 Å². The number of aromatic carboxylic acids is 1. The molecule has 1 aromatic rings. The Hall–Kier alpha value is -1.07. The Kier molecular flexibility index (Phi) is 3.50. The van der Waals surface area contributed by atoms with Gasteiger partial charge in [0.15, 0.2) is 0 Å². The van der Waals surface area contributed by atoms with Crippen molar-refractivity contribution in [2.75, 3.05) is 18.1 Å². The largest absolute Gasteiger partial charge is 0.478 e. The fourth-order valence-corrected chi connectivity index (χ4v) is 3.71. The van der Waals surface area contributed by atoms with Crippen LogP contribution in [0.15, 0.2) is 22.7 Å². The van der Waals surface area contributed by atoms with E-state index in [4.69, 9.17) is 4.74 Å². The van der Waals surface area contributed by atoms with Gasteiger partial charge in [-0.25, -0.2) is 4.79 Å². The van der Waals surface area contributed by atoms with Crippen LogP contribution in [-0.4, -0.2) is 36.4 Å². The van der Waals surface area contributed by atoms with E-state index in [1.54, 1.807) is 6.07 Å². The number of hydrogen-bond donors (Lipinski definition) is 1. The van der Waals surface area contributed by atoms with Crippen LogP contribution in [-0.2, 0) is 4.74 Å². The summed E-state index contributed by atoms with van der Waals surface area (Å²) in [7, 11) is 0. The van der Waals surface area contributed by atoms with Crippen LogP contribution >= 0.6 is 15.9 Å². The summed E-state index contributed by atoms with van der Waals surface area (Å²) in [6.07, 6.45) is 3.57. The number of morpholine rings is 1. The zero-order valence-electron chi connectivity index (χ0n) is 10.5. The second kappa shape index (κ2) is 5.13. The van der Waals surface area contributed by atoms with E-state index in [2.05, 4.69) is 20.8 Å². The predicted octanol–water partition coefficient (Wildman–Crippen LogP) is 2.91. The minimum Gasteiger partial charge on any atom is -0.478 e. The zero-order chi connectivity index (χ0) is 13.4. The molecule has 1 saturated heterocycles. The molecule has 1 aliphatic heterocycles. The van der Waals surface area contributed by atoms with E-state index in [0.717, 1.165) is 31.5 Å². The quantitative estimate of drug-likeness (QED) is 0.908. The van der Waals surface area contributed by atoms with Crippen molar-refractivity contribution in [2.45, 2.75) is 31.4 Å². The summed E-state index contributed by atoms with van der Waals surface area (Å²) < 4.78 is 6.42. The van der Waals surface area contributed by atoms with Gasteiger partial charge in [-0.1, -0.05) is 6.07 Å². The molecule has 2 aliphatic rings. The van der Waals surface area contributed by atoms with E-state index >= 15 is 0 Å². The van der Waals surface area contributed by atoms with Gasteiger partial charge in [0.25, 0.3) is 0 Å². The number of ether oxygens (including phenoxy) is 1. The molecule has 3 rings (SSSR count). The van der Waals surface area contributed by atoms with E-state index in [1.165, 1.54) is 0 Å².